The van der Waals surface area contributed by atoms with Crippen LogP contribution < -0.4 is 5.32 Å². The van der Waals surface area contributed by atoms with Gasteiger partial charge < -0.3 is 15.2 Å². The summed E-state index contributed by atoms with van der Waals surface area (Å²) in [5, 5.41) is 13.6. The molecule has 1 aromatic rings. The minimum absolute atomic E-state index is 0.00876. The molecular formula is C20H28N2O3. The first kappa shape index (κ1) is 17.0. The van der Waals surface area contributed by atoms with Gasteiger partial charge in [0.1, 0.15) is 0 Å². The number of carbonyl (C=O) groups excluding carboxylic acids is 1. The van der Waals surface area contributed by atoms with Crippen molar-refractivity contribution in [2.24, 2.45) is 0 Å². The number of piperidine rings is 1. The number of nitrogens with zero attached hydrogens (tertiary/aromatic N) is 1. The standard InChI is InChI=1S/C20H28N2O3/c23-18-13-22(11-10-20(18)9-4-12-25-20)14-19(24)21-17-8-3-6-15-5-1-2-7-16(15)17/h3,6,8,18,23H,1-2,4-5,7,9-14H2,(H,21,24)/t18-,20-/m0/s1. The highest BCUT2D eigenvalue weighted by Gasteiger charge is 2.45. The largest absolute Gasteiger partial charge is 0.389 e. The second-order valence-corrected chi connectivity index (χ2v) is 7.72. The molecular weight excluding hydrogens is 316 g/mol. The molecule has 1 aliphatic carbocycles. The van der Waals surface area contributed by atoms with Crippen LogP contribution in [0.15, 0.2) is 18.2 Å². The molecule has 2 atom stereocenters. The van der Waals surface area contributed by atoms with Gasteiger partial charge in [0, 0.05) is 25.4 Å². The molecule has 0 unspecified atom stereocenters. The quantitative estimate of drug-likeness (QED) is 0.882. The Bertz CT molecular complexity index is 640. The van der Waals surface area contributed by atoms with Gasteiger partial charge in [0.25, 0.3) is 0 Å². The molecule has 0 bridgehead atoms. The van der Waals surface area contributed by atoms with Crippen molar-refractivity contribution in [1.29, 1.82) is 0 Å². The van der Waals surface area contributed by atoms with Gasteiger partial charge in [0.15, 0.2) is 0 Å². The Hall–Kier alpha value is -1.43. The molecule has 2 saturated heterocycles. The number of aryl methyl sites for hydroxylation is 1. The van der Waals surface area contributed by atoms with Crippen LogP contribution in [0.5, 0.6) is 0 Å². The van der Waals surface area contributed by atoms with Crippen LogP contribution in [-0.2, 0) is 22.4 Å². The predicted octanol–water partition coefficient (Wildman–Crippen LogP) is 2.12. The molecule has 5 nitrogen and oxygen atoms in total. The van der Waals surface area contributed by atoms with E-state index in [1.165, 1.54) is 24.0 Å². The SMILES string of the molecule is O=C(CN1CC[C@@]2(CCCO2)[C@@H](O)C1)Nc1cccc2c1CCCC2. The molecule has 3 aliphatic rings. The van der Waals surface area contributed by atoms with Gasteiger partial charge in [-0.25, -0.2) is 0 Å². The normalized spacial score (nSPS) is 29.6. The zero-order chi connectivity index (χ0) is 17.3. The summed E-state index contributed by atoms with van der Waals surface area (Å²) in [6, 6.07) is 6.21. The summed E-state index contributed by atoms with van der Waals surface area (Å²) in [5.41, 5.74) is 3.29. The number of aliphatic hydroxyl groups excluding tert-OH is 1. The minimum Gasteiger partial charge on any atom is -0.389 e. The zero-order valence-electron chi connectivity index (χ0n) is 14.8. The average molecular weight is 344 g/mol. The molecule has 2 fully saturated rings. The lowest BCUT2D eigenvalue weighted by Crippen LogP contribution is -2.56. The number of nitrogens with one attached hydrogen (secondary N) is 1. The van der Waals surface area contributed by atoms with Crippen molar-refractivity contribution in [3.8, 4) is 0 Å². The molecule has 4 rings (SSSR count). The van der Waals surface area contributed by atoms with Crippen molar-refractivity contribution in [3.63, 3.8) is 0 Å². The molecule has 2 N–H and O–H groups in total. The van der Waals surface area contributed by atoms with E-state index in [0.29, 0.717) is 13.1 Å². The molecule has 5 heteroatoms. The molecule has 0 radical (unpaired) electrons. The minimum atomic E-state index is -0.499. The number of anilines is 1. The smallest absolute Gasteiger partial charge is 0.238 e. The summed E-state index contributed by atoms with van der Waals surface area (Å²) in [7, 11) is 0. The van der Waals surface area contributed by atoms with E-state index in [2.05, 4.69) is 11.4 Å². The molecule has 0 aromatic heterocycles. The molecule has 2 heterocycles. The fourth-order valence-corrected chi connectivity index (χ4v) is 4.63. The van der Waals surface area contributed by atoms with Crippen molar-refractivity contribution in [1.82, 2.24) is 4.90 Å². The molecule has 25 heavy (non-hydrogen) atoms. The number of ether oxygens (including phenoxy) is 1. The van der Waals surface area contributed by atoms with Gasteiger partial charge in [-0.05, 0) is 62.1 Å². The first-order chi connectivity index (χ1) is 12.2. The van der Waals surface area contributed by atoms with Crippen LogP contribution in [0.4, 0.5) is 5.69 Å². The van der Waals surface area contributed by atoms with Gasteiger partial charge >= 0.3 is 0 Å². The number of carbonyl (C=O) groups is 1. The topological polar surface area (TPSA) is 61.8 Å². The van der Waals surface area contributed by atoms with Crippen LogP contribution >= 0.6 is 0 Å². The number of aliphatic hydroxyl groups is 1. The lowest BCUT2D eigenvalue weighted by Gasteiger charge is -2.42. The number of amides is 1. The number of likely N-dealkylation sites (tertiary alicyclic amines) is 1. The van der Waals surface area contributed by atoms with Crippen molar-refractivity contribution < 1.29 is 14.6 Å². The maximum absolute atomic E-state index is 12.5. The van der Waals surface area contributed by atoms with E-state index in [1.54, 1.807) is 0 Å². The first-order valence-electron chi connectivity index (χ1n) is 9.61. The van der Waals surface area contributed by atoms with Crippen molar-refractivity contribution in [2.75, 3.05) is 31.6 Å². The molecule has 1 amide bonds. The number of hydrogen-bond donors (Lipinski definition) is 2. The maximum Gasteiger partial charge on any atom is 0.238 e. The van der Waals surface area contributed by atoms with Crippen LogP contribution in [0.3, 0.4) is 0 Å². The highest BCUT2D eigenvalue weighted by atomic mass is 16.5. The van der Waals surface area contributed by atoms with E-state index in [1.807, 2.05) is 17.0 Å². The van der Waals surface area contributed by atoms with Crippen LogP contribution in [0, 0.1) is 0 Å². The van der Waals surface area contributed by atoms with Gasteiger partial charge in [-0.15, -0.1) is 0 Å². The third-order valence-corrected chi connectivity index (χ3v) is 6.06. The van der Waals surface area contributed by atoms with Crippen LogP contribution in [0.1, 0.15) is 43.2 Å². The maximum atomic E-state index is 12.5. The molecule has 1 aromatic carbocycles. The first-order valence-corrected chi connectivity index (χ1v) is 9.61. The van der Waals surface area contributed by atoms with Gasteiger partial charge in [-0.3, -0.25) is 9.69 Å². The highest BCUT2D eigenvalue weighted by Crippen LogP contribution is 2.36. The lowest BCUT2D eigenvalue weighted by atomic mass is 9.86. The van der Waals surface area contributed by atoms with Crippen LogP contribution in [-0.4, -0.2) is 53.9 Å². The summed E-state index contributed by atoms with van der Waals surface area (Å²) in [6.07, 6.45) is 6.86. The Balaban J connectivity index is 1.36. The molecule has 0 saturated carbocycles. The van der Waals surface area contributed by atoms with Crippen molar-refractivity contribution >= 4 is 11.6 Å². The highest BCUT2D eigenvalue weighted by molar-refractivity contribution is 5.93. The average Bonchev–Trinajstić information content (AvgIpc) is 3.09. The fraction of sp³-hybridized carbons (Fsp3) is 0.650. The van der Waals surface area contributed by atoms with E-state index in [0.717, 1.165) is 50.9 Å². The number of benzene rings is 1. The second kappa shape index (κ2) is 7.06. The van der Waals surface area contributed by atoms with E-state index in [-0.39, 0.29) is 11.5 Å². The van der Waals surface area contributed by atoms with Gasteiger partial charge in [-0.2, -0.15) is 0 Å². The Labute approximate surface area is 149 Å². The van der Waals surface area contributed by atoms with E-state index in [4.69, 9.17) is 4.74 Å². The Kier molecular flexibility index (Phi) is 4.80. The van der Waals surface area contributed by atoms with Crippen LogP contribution in [0.25, 0.3) is 0 Å². The lowest BCUT2D eigenvalue weighted by molar-refractivity contribution is -0.135. The van der Waals surface area contributed by atoms with Gasteiger partial charge in [-0.1, -0.05) is 12.1 Å². The van der Waals surface area contributed by atoms with Crippen molar-refractivity contribution in [3.05, 3.63) is 29.3 Å². The Morgan fingerprint density at radius 1 is 1.28 bits per heavy atom. The number of hydrogen-bond acceptors (Lipinski definition) is 4. The third-order valence-electron chi connectivity index (χ3n) is 6.06. The van der Waals surface area contributed by atoms with Gasteiger partial charge in [0.2, 0.25) is 5.91 Å². The number of rotatable bonds is 3. The van der Waals surface area contributed by atoms with E-state index < -0.39 is 6.10 Å². The number of fused-ring (bicyclic) bond motifs is 1. The fourth-order valence-electron chi connectivity index (χ4n) is 4.63. The van der Waals surface area contributed by atoms with Crippen LogP contribution in [0.2, 0.25) is 0 Å². The summed E-state index contributed by atoms with van der Waals surface area (Å²) in [4.78, 5) is 14.6. The summed E-state index contributed by atoms with van der Waals surface area (Å²) in [5.74, 6) is 0.00876. The zero-order valence-corrected chi connectivity index (χ0v) is 14.8. The van der Waals surface area contributed by atoms with E-state index in [9.17, 15) is 9.90 Å². The third kappa shape index (κ3) is 3.46. The Morgan fingerprint density at radius 3 is 2.96 bits per heavy atom. The monoisotopic (exact) mass is 344 g/mol. The second-order valence-electron chi connectivity index (χ2n) is 7.72. The Morgan fingerprint density at radius 2 is 2.16 bits per heavy atom. The van der Waals surface area contributed by atoms with E-state index >= 15 is 0 Å². The summed E-state index contributed by atoms with van der Waals surface area (Å²) in [6.45, 7) is 2.39. The molecule has 2 aliphatic heterocycles. The summed E-state index contributed by atoms with van der Waals surface area (Å²) < 4.78 is 5.83. The molecule has 1 spiro atoms. The van der Waals surface area contributed by atoms with Crippen molar-refractivity contribution in [2.45, 2.75) is 56.7 Å². The summed E-state index contributed by atoms with van der Waals surface area (Å²) >= 11 is 0. The van der Waals surface area contributed by atoms with Gasteiger partial charge in [0.05, 0.1) is 18.2 Å². The number of β-amino-alcohol motifs (C(OH)–C–C–N with tert-alkyl or cyclic N) is 1. The molecule has 136 valence electrons. The predicted molar refractivity (Wildman–Crippen MR) is 96.7 cm³/mol.